The molecule has 0 saturated carbocycles. The fourth-order valence-electron chi connectivity index (χ4n) is 1.85. The van der Waals surface area contributed by atoms with Crippen LogP contribution >= 0.6 is 27.5 Å². The van der Waals surface area contributed by atoms with Crippen LogP contribution in [0.1, 0.15) is 17.4 Å². The molecule has 1 heterocycles. The van der Waals surface area contributed by atoms with Gasteiger partial charge in [0, 0.05) is 24.9 Å². The van der Waals surface area contributed by atoms with E-state index in [1.54, 1.807) is 23.0 Å². The van der Waals surface area contributed by atoms with E-state index in [0.29, 0.717) is 33.2 Å². The zero-order valence-corrected chi connectivity index (χ0v) is 14.7. The van der Waals surface area contributed by atoms with Gasteiger partial charge in [-0.1, -0.05) is 11.6 Å². The third-order valence-electron chi connectivity index (χ3n) is 2.98. The molecule has 118 valence electrons. The highest BCUT2D eigenvalue weighted by molar-refractivity contribution is 9.10. The summed E-state index contributed by atoms with van der Waals surface area (Å²) >= 11 is 9.37. The Labute approximate surface area is 141 Å². The lowest BCUT2D eigenvalue weighted by Crippen LogP contribution is -2.14. The zero-order chi connectivity index (χ0) is 16.3. The number of hydrogen-bond donors (Lipinski definition) is 1. The molecular weight excluding hydrogens is 374 g/mol. The van der Waals surface area contributed by atoms with Crippen LogP contribution in [0.2, 0.25) is 5.02 Å². The molecule has 1 aromatic carbocycles. The minimum Gasteiger partial charge on any atom is -0.495 e. The van der Waals surface area contributed by atoms with E-state index >= 15 is 0 Å². The van der Waals surface area contributed by atoms with Crippen LogP contribution in [0.25, 0.3) is 0 Å². The number of rotatable bonds is 5. The number of methoxy groups -OCH3 is 2. The molecule has 0 aliphatic heterocycles. The van der Waals surface area contributed by atoms with E-state index in [4.69, 9.17) is 21.1 Å². The van der Waals surface area contributed by atoms with Gasteiger partial charge in [-0.15, -0.1) is 0 Å². The molecule has 0 unspecified atom stereocenters. The Hall–Kier alpha value is -1.73. The minimum atomic E-state index is -0.359. The summed E-state index contributed by atoms with van der Waals surface area (Å²) in [5.74, 6) is 0.517. The van der Waals surface area contributed by atoms with Crippen LogP contribution in [0, 0.1) is 0 Å². The van der Waals surface area contributed by atoms with Gasteiger partial charge in [-0.3, -0.25) is 9.48 Å². The molecule has 1 N–H and O–H groups in total. The number of benzene rings is 1. The second-order valence-electron chi connectivity index (χ2n) is 4.32. The van der Waals surface area contributed by atoms with Gasteiger partial charge in [-0.2, -0.15) is 5.10 Å². The summed E-state index contributed by atoms with van der Waals surface area (Å²) < 4.78 is 12.7. The molecule has 0 aliphatic carbocycles. The first-order chi connectivity index (χ1) is 10.5. The number of carbonyl (C=O) groups is 1. The van der Waals surface area contributed by atoms with Crippen LogP contribution in [0.15, 0.2) is 22.8 Å². The number of amides is 1. The topological polar surface area (TPSA) is 65.4 Å². The Morgan fingerprint density at radius 3 is 2.59 bits per heavy atom. The molecule has 8 heteroatoms. The number of nitrogens with one attached hydrogen (secondary N) is 1. The minimum absolute atomic E-state index is 0.290. The van der Waals surface area contributed by atoms with Gasteiger partial charge in [0.2, 0.25) is 0 Å². The molecule has 0 aliphatic rings. The predicted octanol–water partition coefficient (Wildman–Crippen LogP) is 3.59. The smallest absolute Gasteiger partial charge is 0.277 e. The van der Waals surface area contributed by atoms with Crippen LogP contribution in [-0.4, -0.2) is 29.9 Å². The van der Waals surface area contributed by atoms with E-state index in [2.05, 4.69) is 26.3 Å². The largest absolute Gasteiger partial charge is 0.495 e. The number of aryl methyl sites for hydroxylation is 1. The van der Waals surface area contributed by atoms with Crippen molar-refractivity contribution in [1.29, 1.82) is 0 Å². The molecule has 2 aromatic rings. The fourth-order valence-corrected chi connectivity index (χ4v) is 2.58. The van der Waals surface area contributed by atoms with Crippen LogP contribution in [-0.2, 0) is 6.54 Å². The highest BCUT2D eigenvalue weighted by atomic mass is 79.9. The number of carbonyl (C=O) groups excluding carboxylic acids is 1. The summed E-state index contributed by atoms with van der Waals surface area (Å²) in [6.07, 6.45) is 1.74. The Kier molecular flexibility index (Phi) is 5.31. The van der Waals surface area contributed by atoms with Gasteiger partial charge >= 0.3 is 0 Å². The Balaban J connectivity index is 2.32. The van der Waals surface area contributed by atoms with Crippen molar-refractivity contribution in [3.8, 4) is 11.5 Å². The highest BCUT2D eigenvalue weighted by Crippen LogP contribution is 2.36. The molecule has 0 radical (unpaired) electrons. The third kappa shape index (κ3) is 3.36. The molecule has 0 fully saturated rings. The molecule has 2 rings (SSSR count). The van der Waals surface area contributed by atoms with Crippen molar-refractivity contribution < 1.29 is 14.3 Å². The lowest BCUT2D eigenvalue weighted by molar-refractivity contribution is 0.102. The van der Waals surface area contributed by atoms with Crippen LogP contribution in [0.4, 0.5) is 5.69 Å². The number of nitrogens with zero attached hydrogens (tertiary/aromatic N) is 2. The maximum absolute atomic E-state index is 12.4. The second-order valence-corrected chi connectivity index (χ2v) is 5.58. The summed E-state index contributed by atoms with van der Waals surface area (Å²) in [7, 11) is 2.99. The van der Waals surface area contributed by atoms with E-state index in [1.807, 2.05) is 6.92 Å². The molecular formula is C14H15BrClN3O3. The van der Waals surface area contributed by atoms with E-state index < -0.39 is 0 Å². The van der Waals surface area contributed by atoms with Gasteiger partial charge in [0.05, 0.1) is 29.4 Å². The summed E-state index contributed by atoms with van der Waals surface area (Å²) in [6, 6.07) is 3.18. The number of halogens is 2. The quantitative estimate of drug-likeness (QED) is 0.850. The molecule has 0 spiro atoms. The van der Waals surface area contributed by atoms with Crippen molar-refractivity contribution in [3.63, 3.8) is 0 Å². The van der Waals surface area contributed by atoms with Gasteiger partial charge in [0.1, 0.15) is 11.5 Å². The van der Waals surface area contributed by atoms with Crippen LogP contribution in [0.5, 0.6) is 11.5 Å². The van der Waals surface area contributed by atoms with E-state index in [9.17, 15) is 4.79 Å². The zero-order valence-electron chi connectivity index (χ0n) is 12.3. The SMILES string of the molecule is CCn1cc(Br)c(C(=O)Nc2cc(OC)c(Cl)cc2OC)n1. The Morgan fingerprint density at radius 1 is 1.36 bits per heavy atom. The van der Waals surface area contributed by atoms with E-state index in [-0.39, 0.29) is 11.6 Å². The van der Waals surface area contributed by atoms with Gasteiger partial charge in [-0.05, 0) is 22.9 Å². The molecule has 0 saturated heterocycles. The molecule has 1 aromatic heterocycles. The number of aromatic nitrogens is 2. The van der Waals surface area contributed by atoms with Crippen molar-refractivity contribution in [2.75, 3.05) is 19.5 Å². The van der Waals surface area contributed by atoms with Crippen LogP contribution < -0.4 is 14.8 Å². The number of hydrogen-bond acceptors (Lipinski definition) is 4. The summed E-state index contributed by atoms with van der Waals surface area (Å²) in [6.45, 7) is 2.61. The molecule has 22 heavy (non-hydrogen) atoms. The second kappa shape index (κ2) is 7.02. The summed E-state index contributed by atoms with van der Waals surface area (Å²) in [5.41, 5.74) is 0.740. The third-order valence-corrected chi connectivity index (χ3v) is 3.85. The van der Waals surface area contributed by atoms with Crippen molar-refractivity contribution >= 4 is 39.1 Å². The first kappa shape index (κ1) is 16.6. The van der Waals surface area contributed by atoms with Gasteiger partial charge in [0.25, 0.3) is 5.91 Å². The number of anilines is 1. The first-order valence-corrected chi connectivity index (χ1v) is 7.63. The Morgan fingerprint density at radius 2 is 2.05 bits per heavy atom. The van der Waals surface area contributed by atoms with E-state index in [0.717, 1.165) is 0 Å². The predicted molar refractivity (Wildman–Crippen MR) is 88.1 cm³/mol. The van der Waals surface area contributed by atoms with Crippen molar-refractivity contribution in [2.24, 2.45) is 0 Å². The normalized spacial score (nSPS) is 10.4. The van der Waals surface area contributed by atoms with Crippen molar-refractivity contribution in [1.82, 2.24) is 9.78 Å². The maximum Gasteiger partial charge on any atom is 0.277 e. The van der Waals surface area contributed by atoms with Gasteiger partial charge in [0.15, 0.2) is 5.69 Å². The molecule has 0 atom stereocenters. The first-order valence-electron chi connectivity index (χ1n) is 6.46. The van der Waals surface area contributed by atoms with Crippen molar-refractivity contribution in [2.45, 2.75) is 13.5 Å². The molecule has 6 nitrogen and oxygen atoms in total. The maximum atomic E-state index is 12.4. The van der Waals surface area contributed by atoms with E-state index in [1.165, 1.54) is 14.2 Å². The molecule has 0 bridgehead atoms. The monoisotopic (exact) mass is 387 g/mol. The van der Waals surface area contributed by atoms with Gasteiger partial charge < -0.3 is 14.8 Å². The Bertz CT molecular complexity index is 703. The fraction of sp³-hybridized carbons (Fsp3) is 0.286. The standard InChI is InChI=1S/C14H15BrClN3O3/c1-4-19-7-8(15)13(18-19)14(20)17-10-6-11(21-2)9(16)5-12(10)22-3/h5-7H,4H2,1-3H3,(H,17,20). The lowest BCUT2D eigenvalue weighted by atomic mass is 10.2. The number of ether oxygens (including phenoxy) is 2. The summed E-state index contributed by atoms with van der Waals surface area (Å²) in [4.78, 5) is 12.4. The van der Waals surface area contributed by atoms with Gasteiger partial charge in [-0.25, -0.2) is 0 Å². The summed E-state index contributed by atoms with van der Waals surface area (Å²) in [5, 5.41) is 7.35. The lowest BCUT2D eigenvalue weighted by Gasteiger charge is -2.12. The average Bonchev–Trinajstić information content (AvgIpc) is 2.89. The highest BCUT2D eigenvalue weighted by Gasteiger charge is 2.18. The molecule has 1 amide bonds. The van der Waals surface area contributed by atoms with Crippen molar-refractivity contribution in [3.05, 3.63) is 33.5 Å². The average molecular weight is 389 g/mol. The van der Waals surface area contributed by atoms with Crippen LogP contribution in [0.3, 0.4) is 0 Å².